The van der Waals surface area contributed by atoms with Gasteiger partial charge in [-0.05, 0) is 20.3 Å². The molecule has 0 fully saturated rings. The van der Waals surface area contributed by atoms with Crippen LogP contribution in [0.15, 0.2) is 11.1 Å². The average Bonchev–Trinajstić information content (AvgIpc) is 2.97. The molecule has 178 valence electrons. The predicted octanol–water partition coefficient (Wildman–Crippen LogP) is 1.36. The van der Waals surface area contributed by atoms with Crippen molar-refractivity contribution < 1.29 is 47.9 Å². The molecule has 11 nitrogen and oxygen atoms in total. The maximum Gasteiger partial charge on any atom is 0.303 e. The highest BCUT2D eigenvalue weighted by atomic mass is 16.9. The molecule has 1 unspecified atom stereocenters. The van der Waals surface area contributed by atoms with E-state index in [1.165, 1.54) is 0 Å². The van der Waals surface area contributed by atoms with Crippen LogP contribution in [0.1, 0.15) is 54.4 Å². The topological polar surface area (TPSA) is 141 Å². The summed E-state index contributed by atoms with van der Waals surface area (Å²) in [4.78, 5) is 52.8. The van der Waals surface area contributed by atoms with Crippen molar-refractivity contribution in [2.24, 2.45) is 5.92 Å². The van der Waals surface area contributed by atoms with Crippen molar-refractivity contribution in [3.05, 3.63) is 16.4 Å². The number of allylic oxidation sites excluding steroid dienone is 2. The number of hydrogen-bond acceptors (Lipinski definition) is 10. The summed E-state index contributed by atoms with van der Waals surface area (Å²) in [6.45, 7) is 7.95. The minimum atomic E-state index is -1.40. The lowest BCUT2D eigenvalue weighted by Crippen LogP contribution is -2.54. The molecule has 0 aromatic heterocycles. The van der Waals surface area contributed by atoms with E-state index >= 15 is 0 Å². The van der Waals surface area contributed by atoms with Crippen molar-refractivity contribution in [1.82, 2.24) is 0 Å². The van der Waals surface area contributed by atoms with Crippen molar-refractivity contribution in [2.75, 3.05) is 6.61 Å². The minimum absolute atomic E-state index is 0.391. The van der Waals surface area contributed by atoms with Gasteiger partial charge in [-0.1, -0.05) is 11.1 Å². The third-order valence-corrected chi connectivity index (χ3v) is 5.36. The van der Waals surface area contributed by atoms with Gasteiger partial charge in [0.1, 0.15) is 12.7 Å². The molecule has 1 aliphatic heterocycles. The Bertz CT molecular complexity index is 846. The van der Waals surface area contributed by atoms with Crippen molar-refractivity contribution in [2.45, 2.75) is 78.8 Å². The van der Waals surface area contributed by atoms with Crippen LogP contribution in [0.5, 0.6) is 0 Å². The minimum Gasteiger partial charge on any atom is -0.462 e. The highest BCUT2D eigenvalue weighted by Gasteiger charge is 2.52. The fourth-order valence-electron chi connectivity index (χ4n) is 3.89. The SMILES string of the molecule is CC(=O)OC[C@@H](OC(C)=O)[C@H](OC(C)=O)[C@H](OC(C)=O)[C@@H]1O[N+]([O-])=C2CC(C)=C(C)CC21. The molecule has 0 aromatic rings. The van der Waals surface area contributed by atoms with E-state index in [0.29, 0.717) is 23.5 Å². The summed E-state index contributed by atoms with van der Waals surface area (Å²) in [6.07, 6.45) is -4.18. The number of nitrogens with zero attached hydrogens (tertiary/aromatic N) is 1. The second kappa shape index (κ2) is 10.5. The Morgan fingerprint density at radius 3 is 2.09 bits per heavy atom. The molecule has 0 amide bonds. The first-order valence-electron chi connectivity index (χ1n) is 10.2. The first kappa shape index (κ1) is 25.2. The highest BCUT2D eigenvalue weighted by molar-refractivity contribution is 5.87. The Morgan fingerprint density at radius 1 is 0.969 bits per heavy atom. The van der Waals surface area contributed by atoms with E-state index in [2.05, 4.69) is 0 Å². The van der Waals surface area contributed by atoms with Gasteiger partial charge < -0.3 is 23.8 Å². The van der Waals surface area contributed by atoms with Crippen LogP contribution in [-0.2, 0) is 43.0 Å². The van der Waals surface area contributed by atoms with Gasteiger partial charge in [0.05, 0.1) is 12.3 Å². The van der Waals surface area contributed by atoms with Crippen LogP contribution < -0.4 is 0 Å². The standard InChI is InChI=1S/C21H29NO10/c1-10-7-16-17(8-11(10)2)22(27)32-19(16)21(31-15(6)26)20(30-14(5)25)18(29-13(4)24)9-28-12(3)23/h16,18-21H,7-9H2,1-6H3/t16?,18-,19-,20+,21-/m1/s1. The van der Waals surface area contributed by atoms with Gasteiger partial charge in [-0.25, -0.2) is 0 Å². The van der Waals surface area contributed by atoms with Crippen molar-refractivity contribution in [1.29, 1.82) is 0 Å². The Balaban J connectivity index is 2.47. The normalized spacial score (nSPS) is 22.8. The van der Waals surface area contributed by atoms with Crippen LogP contribution in [-0.4, -0.2) is 65.5 Å². The van der Waals surface area contributed by atoms with Crippen molar-refractivity contribution in [3.8, 4) is 0 Å². The predicted molar refractivity (Wildman–Crippen MR) is 108 cm³/mol. The molecule has 11 heteroatoms. The van der Waals surface area contributed by atoms with Gasteiger partial charge >= 0.3 is 23.9 Å². The molecule has 0 saturated carbocycles. The smallest absolute Gasteiger partial charge is 0.303 e. The molecule has 2 aliphatic rings. The fraction of sp³-hybridized carbons (Fsp3) is 0.667. The molecule has 0 aromatic carbocycles. The van der Waals surface area contributed by atoms with E-state index in [0.717, 1.165) is 38.8 Å². The van der Waals surface area contributed by atoms with E-state index < -0.39 is 60.8 Å². The van der Waals surface area contributed by atoms with E-state index in [-0.39, 0.29) is 0 Å². The average molecular weight is 455 g/mol. The number of carbonyl (C=O) groups excluding carboxylic acids is 4. The third-order valence-electron chi connectivity index (χ3n) is 5.36. The number of carbonyl (C=O) groups is 4. The molecule has 32 heavy (non-hydrogen) atoms. The first-order chi connectivity index (χ1) is 14.9. The molecular formula is C21H29NO10. The first-order valence-corrected chi connectivity index (χ1v) is 10.2. The second-order valence-corrected chi connectivity index (χ2v) is 7.97. The summed E-state index contributed by atoms with van der Waals surface area (Å²) in [5.74, 6) is -3.34. The lowest BCUT2D eigenvalue weighted by atomic mass is 9.78. The van der Waals surface area contributed by atoms with Crippen LogP contribution in [0.2, 0.25) is 0 Å². The quantitative estimate of drug-likeness (QED) is 0.228. The van der Waals surface area contributed by atoms with Crippen LogP contribution >= 0.6 is 0 Å². The number of hydrogen-bond donors (Lipinski definition) is 0. The van der Waals surface area contributed by atoms with Gasteiger partial charge in [0.25, 0.3) is 0 Å². The summed E-state index contributed by atoms with van der Waals surface area (Å²) in [5.41, 5.74) is 2.56. The van der Waals surface area contributed by atoms with Crippen LogP contribution in [0.4, 0.5) is 0 Å². The number of fused-ring (bicyclic) bond motifs is 1. The van der Waals surface area contributed by atoms with Gasteiger partial charge in [0, 0.05) is 32.6 Å². The van der Waals surface area contributed by atoms with Crippen LogP contribution in [0, 0.1) is 11.1 Å². The zero-order chi connectivity index (χ0) is 24.2. The van der Waals surface area contributed by atoms with Crippen molar-refractivity contribution in [3.63, 3.8) is 0 Å². The van der Waals surface area contributed by atoms with Gasteiger partial charge in [-0.3, -0.25) is 24.4 Å². The second-order valence-electron chi connectivity index (χ2n) is 7.97. The number of rotatable bonds is 8. The Hall–Kier alpha value is -3.11. The van der Waals surface area contributed by atoms with Gasteiger partial charge in [0.2, 0.25) is 5.71 Å². The number of ether oxygens (including phenoxy) is 4. The van der Waals surface area contributed by atoms with Gasteiger partial charge in [-0.2, -0.15) is 0 Å². The molecule has 0 spiro atoms. The molecule has 0 bridgehead atoms. The summed E-state index contributed by atoms with van der Waals surface area (Å²) in [5, 5.41) is 12.5. The monoisotopic (exact) mass is 455 g/mol. The summed E-state index contributed by atoms with van der Waals surface area (Å²) >= 11 is 0. The van der Waals surface area contributed by atoms with E-state index in [1.54, 1.807) is 0 Å². The fourth-order valence-corrected chi connectivity index (χ4v) is 3.89. The molecule has 0 radical (unpaired) electrons. The molecule has 5 atom stereocenters. The zero-order valence-corrected chi connectivity index (χ0v) is 19.0. The van der Waals surface area contributed by atoms with Gasteiger partial charge in [-0.15, -0.1) is 0 Å². The van der Waals surface area contributed by atoms with E-state index in [4.69, 9.17) is 23.8 Å². The Kier molecular flexibility index (Phi) is 8.23. The van der Waals surface area contributed by atoms with Crippen LogP contribution in [0.25, 0.3) is 0 Å². The lowest BCUT2D eigenvalue weighted by molar-refractivity contribution is -0.743. The molecular weight excluding hydrogens is 426 g/mol. The van der Waals surface area contributed by atoms with Crippen LogP contribution in [0.3, 0.4) is 0 Å². The summed E-state index contributed by atoms with van der Waals surface area (Å²) in [6, 6.07) is 0. The summed E-state index contributed by atoms with van der Waals surface area (Å²) < 4.78 is 21.0. The third kappa shape index (κ3) is 6.21. The maximum absolute atomic E-state index is 12.5. The lowest BCUT2D eigenvalue weighted by Gasteiger charge is -2.36. The van der Waals surface area contributed by atoms with Gasteiger partial charge in [0.15, 0.2) is 18.3 Å². The summed E-state index contributed by atoms with van der Waals surface area (Å²) in [7, 11) is 0. The largest absolute Gasteiger partial charge is 0.462 e. The number of esters is 4. The zero-order valence-electron chi connectivity index (χ0n) is 19.0. The maximum atomic E-state index is 12.5. The van der Waals surface area contributed by atoms with E-state index in [1.807, 2.05) is 13.8 Å². The molecule has 0 N–H and O–H groups in total. The molecule has 1 heterocycles. The van der Waals surface area contributed by atoms with E-state index in [9.17, 15) is 24.4 Å². The van der Waals surface area contributed by atoms with Crippen molar-refractivity contribution >= 4 is 29.6 Å². The Labute approximate surface area is 185 Å². The molecule has 0 saturated heterocycles. The molecule has 2 rings (SSSR count). The Morgan fingerprint density at radius 2 is 1.56 bits per heavy atom. The molecule has 1 aliphatic carbocycles. The highest BCUT2D eigenvalue weighted by Crippen LogP contribution is 2.37.